The second kappa shape index (κ2) is 9.22. The summed E-state index contributed by atoms with van der Waals surface area (Å²) in [4.78, 5) is 34.6. The number of anilines is 3. The summed E-state index contributed by atoms with van der Waals surface area (Å²) >= 11 is 0. The zero-order valence-corrected chi connectivity index (χ0v) is 16.6. The number of nitrogens with two attached hydrogens (primary N) is 1. The van der Waals surface area contributed by atoms with Gasteiger partial charge in [-0.2, -0.15) is 4.98 Å². The molecule has 0 unspecified atom stereocenters. The van der Waals surface area contributed by atoms with Crippen molar-refractivity contribution < 1.29 is 19.1 Å². The van der Waals surface area contributed by atoms with Crippen molar-refractivity contribution in [2.45, 2.75) is 19.8 Å². The van der Waals surface area contributed by atoms with E-state index in [2.05, 4.69) is 15.3 Å². The van der Waals surface area contributed by atoms with Gasteiger partial charge in [0, 0.05) is 19.3 Å². The molecule has 0 spiro atoms. The van der Waals surface area contributed by atoms with E-state index in [0.29, 0.717) is 55.7 Å². The number of amides is 1. The molecule has 1 aromatic carbocycles. The number of para-hydroxylation sites is 2. The Labute approximate surface area is 169 Å². The zero-order chi connectivity index (χ0) is 20.8. The molecule has 1 aromatic heterocycles. The second-order valence-electron chi connectivity index (χ2n) is 6.64. The lowest BCUT2D eigenvalue weighted by molar-refractivity contribution is -0.148. The van der Waals surface area contributed by atoms with Gasteiger partial charge >= 0.3 is 5.97 Å². The molecule has 0 aliphatic carbocycles. The molecule has 1 amide bonds. The highest BCUT2D eigenvalue weighted by Gasteiger charge is 2.27. The molecule has 2 heterocycles. The first kappa shape index (κ1) is 20.4. The molecule has 154 valence electrons. The number of carbonyl (C=O) groups is 2. The highest BCUT2D eigenvalue weighted by Crippen LogP contribution is 2.29. The van der Waals surface area contributed by atoms with E-state index in [9.17, 15) is 9.59 Å². The number of piperidine rings is 1. The molecule has 2 aromatic rings. The molecule has 1 aliphatic heterocycles. The van der Waals surface area contributed by atoms with Gasteiger partial charge < -0.3 is 25.4 Å². The minimum atomic E-state index is -0.630. The molecule has 0 bridgehead atoms. The van der Waals surface area contributed by atoms with E-state index in [-0.39, 0.29) is 17.5 Å². The SMILES string of the molecule is CCOC(=O)C1CCN(c2ncc(C(N)=O)c(Nc3ccccc3OC)n2)CC1. The summed E-state index contributed by atoms with van der Waals surface area (Å²) in [7, 11) is 1.56. The normalized spacial score (nSPS) is 14.3. The van der Waals surface area contributed by atoms with E-state index in [1.807, 2.05) is 23.1 Å². The van der Waals surface area contributed by atoms with Gasteiger partial charge in [-0.15, -0.1) is 0 Å². The van der Waals surface area contributed by atoms with Gasteiger partial charge in [0.2, 0.25) is 5.95 Å². The molecule has 29 heavy (non-hydrogen) atoms. The maximum Gasteiger partial charge on any atom is 0.309 e. The van der Waals surface area contributed by atoms with Crippen LogP contribution in [0.25, 0.3) is 0 Å². The van der Waals surface area contributed by atoms with Gasteiger partial charge in [-0.3, -0.25) is 9.59 Å². The number of nitrogens with zero attached hydrogens (tertiary/aromatic N) is 3. The van der Waals surface area contributed by atoms with E-state index in [1.54, 1.807) is 20.1 Å². The van der Waals surface area contributed by atoms with Gasteiger partial charge in [0.25, 0.3) is 5.91 Å². The predicted molar refractivity (Wildman–Crippen MR) is 108 cm³/mol. The molecular formula is C20H25N5O4. The Balaban J connectivity index is 1.80. The van der Waals surface area contributed by atoms with Crippen LogP contribution < -0.4 is 20.7 Å². The van der Waals surface area contributed by atoms with Crippen molar-refractivity contribution in [1.29, 1.82) is 0 Å². The highest BCUT2D eigenvalue weighted by molar-refractivity contribution is 5.98. The number of esters is 1. The fourth-order valence-electron chi connectivity index (χ4n) is 3.25. The van der Waals surface area contributed by atoms with Crippen LogP contribution in [-0.2, 0) is 9.53 Å². The van der Waals surface area contributed by atoms with Crippen LogP contribution >= 0.6 is 0 Å². The highest BCUT2D eigenvalue weighted by atomic mass is 16.5. The first-order valence-electron chi connectivity index (χ1n) is 9.52. The summed E-state index contributed by atoms with van der Waals surface area (Å²) in [6, 6.07) is 7.31. The standard InChI is InChI=1S/C20H25N5O4/c1-3-29-19(27)13-8-10-25(11-9-13)20-22-12-14(17(21)26)18(24-20)23-15-6-4-5-7-16(15)28-2/h4-7,12-13H,3,8-11H2,1-2H3,(H2,21,26)(H,22,23,24). The minimum absolute atomic E-state index is 0.109. The van der Waals surface area contributed by atoms with Gasteiger partial charge in [0.05, 0.1) is 25.3 Å². The fourth-order valence-corrected chi connectivity index (χ4v) is 3.25. The molecule has 1 fully saturated rings. The van der Waals surface area contributed by atoms with Crippen LogP contribution in [0.2, 0.25) is 0 Å². The molecule has 3 rings (SSSR count). The van der Waals surface area contributed by atoms with E-state index in [0.717, 1.165) is 0 Å². The average Bonchev–Trinajstić information content (AvgIpc) is 2.74. The number of rotatable bonds is 7. The smallest absolute Gasteiger partial charge is 0.309 e. The molecule has 9 heteroatoms. The van der Waals surface area contributed by atoms with Crippen molar-refractivity contribution >= 4 is 29.3 Å². The molecule has 1 saturated heterocycles. The van der Waals surface area contributed by atoms with Gasteiger partial charge in [-0.25, -0.2) is 4.98 Å². The Morgan fingerprint density at radius 2 is 2.00 bits per heavy atom. The van der Waals surface area contributed by atoms with E-state index in [1.165, 1.54) is 6.20 Å². The van der Waals surface area contributed by atoms with Gasteiger partial charge in [0.1, 0.15) is 17.1 Å². The molecule has 0 saturated carbocycles. The average molecular weight is 399 g/mol. The quantitative estimate of drug-likeness (QED) is 0.679. The third-order valence-electron chi connectivity index (χ3n) is 4.80. The van der Waals surface area contributed by atoms with Crippen molar-refractivity contribution in [2.24, 2.45) is 11.7 Å². The zero-order valence-electron chi connectivity index (χ0n) is 16.6. The van der Waals surface area contributed by atoms with E-state index >= 15 is 0 Å². The van der Waals surface area contributed by atoms with Crippen LogP contribution in [0.1, 0.15) is 30.1 Å². The Morgan fingerprint density at radius 1 is 1.28 bits per heavy atom. The maximum atomic E-state index is 11.9. The Bertz CT molecular complexity index is 881. The Hall–Kier alpha value is -3.36. The number of carbonyl (C=O) groups excluding carboxylic acids is 2. The van der Waals surface area contributed by atoms with Crippen molar-refractivity contribution in [3.05, 3.63) is 36.0 Å². The maximum absolute atomic E-state index is 11.9. The van der Waals surface area contributed by atoms with Crippen LogP contribution in [0.5, 0.6) is 5.75 Å². The Kier molecular flexibility index (Phi) is 6.48. The van der Waals surface area contributed by atoms with Crippen molar-refractivity contribution in [1.82, 2.24) is 9.97 Å². The largest absolute Gasteiger partial charge is 0.495 e. The summed E-state index contributed by atoms with van der Waals surface area (Å²) in [5.41, 5.74) is 6.33. The summed E-state index contributed by atoms with van der Waals surface area (Å²) in [5, 5.41) is 3.12. The summed E-state index contributed by atoms with van der Waals surface area (Å²) in [5.74, 6) is 0.487. The number of ether oxygens (including phenoxy) is 2. The third kappa shape index (κ3) is 4.74. The van der Waals surface area contributed by atoms with Gasteiger partial charge in [-0.1, -0.05) is 12.1 Å². The summed E-state index contributed by atoms with van der Waals surface area (Å²) in [6.45, 7) is 3.42. The van der Waals surface area contributed by atoms with Crippen LogP contribution in [0, 0.1) is 5.92 Å². The third-order valence-corrected chi connectivity index (χ3v) is 4.80. The first-order chi connectivity index (χ1) is 14.0. The second-order valence-corrected chi connectivity index (χ2v) is 6.64. The number of hydrogen-bond donors (Lipinski definition) is 2. The van der Waals surface area contributed by atoms with Crippen LogP contribution in [0.15, 0.2) is 30.5 Å². The molecule has 0 atom stereocenters. The van der Waals surface area contributed by atoms with Crippen LogP contribution in [0.4, 0.5) is 17.5 Å². The van der Waals surface area contributed by atoms with Crippen LogP contribution in [0.3, 0.4) is 0 Å². The fraction of sp³-hybridized carbons (Fsp3) is 0.400. The van der Waals surface area contributed by atoms with Gasteiger partial charge in [-0.05, 0) is 31.9 Å². The number of hydrogen-bond acceptors (Lipinski definition) is 8. The van der Waals surface area contributed by atoms with E-state index in [4.69, 9.17) is 15.2 Å². The van der Waals surface area contributed by atoms with Crippen molar-refractivity contribution in [2.75, 3.05) is 37.0 Å². The summed E-state index contributed by atoms with van der Waals surface area (Å²) < 4.78 is 10.5. The minimum Gasteiger partial charge on any atom is -0.495 e. The number of methoxy groups -OCH3 is 1. The molecule has 9 nitrogen and oxygen atoms in total. The lowest BCUT2D eigenvalue weighted by atomic mass is 9.97. The summed E-state index contributed by atoms with van der Waals surface area (Å²) in [6.07, 6.45) is 2.74. The number of primary amides is 1. The first-order valence-corrected chi connectivity index (χ1v) is 9.52. The van der Waals surface area contributed by atoms with Gasteiger partial charge in [0.15, 0.2) is 0 Å². The lowest BCUT2D eigenvalue weighted by Gasteiger charge is -2.31. The Morgan fingerprint density at radius 3 is 2.66 bits per heavy atom. The molecular weight excluding hydrogens is 374 g/mol. The van der Waals surface area contributed by atoms with Crippen LogP contribution in [-0.4, -0.2) is 48.7 Å². The van der Waals surface area contributed by atoms with E-state index < -0.39 is 5.91 Å². The number of aromatic nitrogens is 2. The number of nitrogens with one attached hydrogen (secondary N) is 1. The molecule has 0 radical (unpaired) electrons. The van der Waals surface area contributed by atoms with Crippen molar-refractivity contribution in [3.63, 3.8) is 0 Å². The van der Waals surface area contributed by atoms with Crippen molar-refractivity contribution in [3.8, 4) is 5.75 Å². The topological polar surface area (TPSA) is 120 Å². The molecule has 3 N–H and O–H groups in total. The monoisotopic (exact) mass is 399 g/mol. The lowest BCUT2D eigenvalue weighted by Crippen LogP contribution is -2.38. The molecule has 1 aliphatic rings. The predicted octanol–water partition coefficient (Wildman–Crippen LogP) is 2.11. The number of benzene rings is 1.